The second-order valence-corrected chi connectivity index (χ2v) is 8.07. The molecule has 0 saturated heterocycles. The predicted molar refractivity (Wildman–Crippen MR) is 85.2 cm³/mol. The highest BCUT2D eigenvalue weighted by molar-refractivity contribution is 7.89. The van der Waals surface area contributed by atoms with Gasteiger partial charge in [-0.15, -0.1) is 11.3 Å². The van der Waals surface area contributed by atoms with Gasteiger partial charge in [-0.3, -0.25) is 0 Å². The summed E-state index contributed by atoms with van der Waals surface area (Å²) in [4.78, 5) is 1.10. The second kappa shape index (κ2) is 7.38. The van der Waals surface area contributed by atoms with Gasteiger partial charge in [-0.1, -0.05) is 23.7 Å². The lowest BCUT2D eigenvalue weighted by molar-refractivity contribution is 0.288. The van der Waals surface area contributed by atoms with Crippen molar-refractivity contribution in [3.05, 3.63) is 51.2 Å². The molecule has 0 unspecified atom stereocenters. The normalized spacial score (nSPS) is 11.7. The minimum Gasteiger partial charge on any atom is -0.396 e. The molecule has 1 aromatic carbocycles. The Hall–Kier alpha value is -0.920. The number of nitrogens with one attached hydrogen (secondary N) is 1. The molecule has 0 saturated carbocycles. The summed E-state index contributed by atoms with van der Waals surface area (Å²) in [5.41, 5.74) is 1.01. The number of hydrogen-bond donors (Lipinski definition) is 2. The van der Waals surface area contributed by atoms with E-state index in [9.17, 15) is 8.42 Å². The summed E-state index contributed by atoms with van der Waals surface area (Å²) in [6.45, 7) is 0.358. The number of benzene rings is 1. The van der Waals surface area contributed by atoms with E-state index in [4.69, 9.17) is 16.7 Å². The molecule has 0 radical (unpaired) electrons. The van der Waals surface area contributed by atoms with Crippen LogP contribution in [0.3, 0.4) is 0 Å². The molecule has 114 valence electrons. The minimum absolute atomic E-state index is 0.130. The lowest BCUT2D eigenvalue weighted by Gasteiger charge is -2.07. The van der Waals surface area contributed by atoms with E-state index in [1.807, 2.05) is 0 Å². The average molecular weight is 346 g/mol. The molecule has 0 fully saturated rings. The summed E-state index contributed by atoms with van der Waals surface area (Å²) in [6.07, 6.45) is 1.40. The van der Waals surface area contributed by atoms with Gasteiger partial charge in [0.05, 0.1) is 9.23 Å². The summed E-state index contributed by atoms with van der Waals surface area (Å²) in [7, 11) is -3.52. The number of aliphatic hydroxyl groups is 1. The Labute approximate surface area is 133 Å². The number of aryl methyl sites for hydroxylation is 1. The van der Waals surface area contributed by atoms with Crippen LogP contribution in [0.4, 0.5) is 0 Å². The van der Waals surface area contributed by atoms with Crippen molar-refractivity contribution in [1.82, 2.24) is 4.72 Å². The molecule has 2 N–H and O–H groups in total. The topological polar surface area (TPSA) is 66.4 Å². The Balaban J connectivity index is 2.01. The third-order valence-electron chi connectivity index (χ3n) is 2.92. The van der Waals surface area contributed by atoms with E-state index >= 15 is 0 Å². The lowest BCUT2D eigenvalue weighted by atomic mass is 10.1. The van der Waals surface area contributed by atoms with Crippen molar-refractivity contribution < 1.29 is 13.5 Å². The molecule has 4 nitrogen and oxygen atoms in total. The summed E-state index contributed by atoms with van der Waals surface area (Å²) in [5.74, 6) is 0. The maximum atomic E-state index is 12.2. The molecule has 2 rings (SSSR count). The van der Waals surface area contributed by atoms with Crippen LogP contribution in [0.1, 0.15) is 16.9 Å². The van der Waals surface area contributed by atoms with E-state index < -0.39 is 10.0 Å². The molecular formula is C14H16ClNO3S2. The molecule has 0 aliphatic heterocycles. The van der Waals surface area contributed by atoms with E-state index in [1.54, 1.807) is 36.4 Å². The highest BCUT2D eigenvalue weighted by atomic mass is 35.5. The van der Waals surface area contributed by atoms with Gasteiger partial charge in [-0.05, 0) is 42.7 Å². The molecule has 7 heteroatoms. The van der Waals surface area contributed by atoms with E-state index in [0.29, 0.717) is 10.8 Å². The van der Waals surface area contributed by atoms with Crippen molar-refractivity contribution in [2.75, 3.05) is 6.61 Å². The summed E-state index contributed by atoms with van der Waals surface area (Å²) >= 11 is 7.16. The van der Waals surface area contributed by atoms with E-state index in [1.165, 1.54) is 11.3 Å². The Morgan fingerprint density at radius 3 is 2.43 bits per heavy atom. The fourth-order valence-corrected chi connectivity index (χ4v) is 3.94. The number of hydrogen-bond acceptors (Lipinski definition) is 4. The van der Waals surface area contributed by atoms with Gasteiger partial charge < -0.3 is 5.11 Å². The smallest absolute Gasteiger partial charge is 0.240 e. The maximum absolute atomic E-state index is 12.2. The van der Waals surface area contributed by atoms with Crippen molar-refractivity contribution in [1.29, 1.82) is 0 Å². The van der Waals surface area contributed by atoms with Gasteiger partial charge in [-0.2, -0.15) is 0 Å². The lowest BCUT2D eigenvalue weighted by Crippen LogP contribution is -2.22. The molecule has 0 amide bonds. The molecule has 0 aliphatic carbocycles. The van der Waals surface area contributed by atoms with Crippen LogP contribution in [0.5, 0.6) is 0 Å². The van der Waals surface area contributed by atoms with Crippen LogP contribution in [0.15, 0.2) is 41.3 Å². The Morgan fingerprint density at radius 1 is 1.14 bits per heavy atom. The molecular weight excluding hydrogens is 330 g/mol. The van der Waals surface area contributed by atoms with Gasteiger partial charge in [0, 0.05) is 18.0 Å². The maximum Gasteiger partial charge on any atom is 0.240 e. The third kappa shape index (κ3) is 4.79. The molecule has 2 aromatic rings. The molecule has 0 bridgehead atoms. The van der Waals surface area contributed by atoms with Crippen LogP contribution in [-0.4, -0.2) is 20.1 Å². The quantitative estimate of drug-likeness (QED) is 0.811. The first-order valence-corrected chi connectivity index (χ1v) is 9.13. The first kappa shape index (κ1) is 16.5. The highest BCUT2D eigenvalue weighted by Gasteiger charge is 2.14. The average Bonchev–Trinajstić information content (AvgIpc) is 2.89. The largest absolute Gasteiger partial charge is 0.396 e. The molecule has 0 atom stereocenters. The van der Waals surface area contributed by atoms with Crippen LogP contribution < -0.4 is 4.72 Å². The Kier molecular flexibility index (Phi) is 5.78. The van der Waals surface area contributed by atoms with Crippen molar-refractivity contribution >= 4 is 33.0 Å². The van der Waals surface area contributed by atoms with Gasteiger partial charge in [0.2, 0.25) is 10.0 Å². The molecule has 1 aromatic heterocycles. The van der Waals surface area contributed by atoms with Crippen molar-refractivity contribution in [2.45, 2.75) is 24.3 Å². The minimum atomic E-state index is -3.52. The number of sulfonamides is 1. The SMILES string of the molecule is O=S(=O)(NCc1ccc(Cl)s1)c1ccc(CCCO)cc1. The van der Waals surface area contributed by atoms with Crippen LogP contribution in [0, 0.1) is 0 Å². The zero-order valence-corrected chi connectivity index (χ0v) is 13.6. The molecule has 0 aliphatic rings. The van der Waals surface area contributed by atoms with Crippen LogP contribution in [-0.2, 0) is 23.0 Å². The summed E-state index contributed by atoms with van der Waals surface area (Å²) in [6, 6.07) is 10.2. The van der Waals surface area contributed by atoms with Gasteiger partial charge >= 0.3 is 0 Å². The fourth-order valence-electron chi connectivity index (χ4n) is 1.81. The van der Waals surface area contributed by atoms with E-state index in [2.05, 4.69) is 4.72 Å². The van der Waals surface area contributed by atoms with Gasteiger partial charge in [0.25, 0.3) is 0 Å². The van der Waals surface area contributed by atoms with Crippen molar-refractivity contribution in [2.24, 2.45) is 0 Å². The van der Waals surface area contributed by atoms with Gasteiger partial charge in [-0.25, -0.2) is 13.1 Å². The number of halogens is 1. The van der Waals surface area contributed by atoms with Crippen molar-refractivity contribution in [3.63, 3.8) is 0 Å². The first-order chi connectivity index (χ1) is 10.0. The molecule has 21 heavy (non-hydrogen) atoms. The highest BCUT2D eigenvalue weighted by Crippen LogP contribution is 2.21. The number of rotatable bonds is 7. The molecule has 0 spiro atoms. The van der Waals surface area contributed by atoms with E-state index in [0.717, 1.165) is 16.9 Å². The van der Waals surface area contributed by atoms with Crippen LogP contribution in [0.25, 0.3) is 0 Å². The van der Waals surface area contributed by atoms with Gasteiger partial charge in [0.15, 0.2) is 0 Å². The number of thiophene rings is 1. The predicted octanol–water partition coefficient (Wildman–Crippen LogP) is 2.80. The number of aliphatic hydroxyl groups excluding tert-OH is 1. The zero-order valence-electron chi connectivity index (χ0n) is 11.3. The zero-order chi connectivity index (χ0) is 15.3. The van der Waals surface area contributed by atoms with Crippen LogP contribution in [0.2, 0.25) is 4.34 Å². The fraction of sp³-hybridized carbons (Fsp3) is 0.286. The van der Waals surface area contributed by atoms with Crippen LogP contribution >= 0.6 is 22.9 Å². The van der Waals surface area contributed by atoms with E-state index in [-0.39, 0.29) is 18.0 Å². The molecule has 1 heterocycles. The second-order valence-electron chi connectivity index (χ2n) is 4.50. The third-order valence-corrected chi connectivity index (χ3v) is 5.57. The Morgan fingerprint density at radius 2 is 1.86 bits per heavy atom. The Bertz CT molecular complexity index is 680. The summed E-state index contributed by atoms with van der Waals surface area (Å²) in [5, 5.41) is 8.78. The first-order valence-electron chi connectivity index (χ1n) is 6.45. The summed E-state index contributed by atoms with van der Waals surface area (Å²) < 4.78 is 27.5. The van der Waals surface area contributed by atoms with Gasteiger partial charge in [0.1, 0.15) is 0 Å². The van der Waals surface area contributed by atoms with Crippen molar-refractivity contribution in [3.8, 4) is 0 Å². The standard InChI is InChI=1S/C14H16ClNO3S2/c15-14-8-5-12(20-14)10-16-21(18,19)13-6-3-11(4-7-13)2-1-9-17/h3-8,16-17H,1-2,9-10H2. The monoisotopic (exact) mass is 345 g/mol.